The van der Waals surface area contributed by atoms with Crippen molar-refractivity contribution in [1.29, 1.82) is 0 Å². The molecule has 11 N–H and O–H groups in total. The molecule has 0 radical (unpaired) electrons. The van der Waals surface area contributed by atoms with Crippen molar-refractivity contribution in [2.75, 3.05) is 0 Å². The quantitative estimate of drug-likeness (QED) is 0.0958. The molecule has 2 aromatic heterocycles. The summed E-state index contributed by atoms with van der Waals surface area (Å²) in [4.78, 5) is 111. The number of carbonyl (C=O) groups is 8. The Hall–Kier alpha value is -6.77. The fourth-order valence-corrected chi connectivity index (χ4v) is 10.5. The number of allylic oxidation sites excluding steroid dienone is 3. The van der Waals surface area contributed by atoms with Crippen molar-refractivity contribution in [3.05, 3.63) is 62.5 Å². The van der Waals surface area contributed by atoms with Crippen molar-refractivity contribution in [2.24, 2.45) is 27.7 Å². The number of esters is 1. The van der Waals surface area contributed by atoms with Crippen molar-refractivity contribution in [3.63, 3.8) is 0 Å². The van der Waals surface area contributed by atoms with E-state index in [0.717, 1.165) is 0 Å². The highest BCUT2D eigenvalue weighted by atomic mass is 16.6. The number of carboxylic acids is 7. The largest absolute Gasteiger partial charge is 0.481 e. The number of aliphatic carboxylic acids is 7. The van der Waals surface area contributed by atoms with Crippen LogP contribution in [0.4, 0.5) is 0 Å². The molecule has 6 heterocycles. The lowest BCUT2D eigenvalue weighted by atomic mass is 9.62. The summed E-state index contributed by atoms with van der Waals surface area (Å²) in [6.07, 6.45) is -2.57. The molecule has 4 aliphatic heterocycles. The van der Waals surface area contributed by atoms with Gasteiger partial charge in [0.2, 0.25) is 5.72 Å². The maximum atomic E-state index is 13.6. The maximum absolute atomic E-state index is 13.6. The van der Waals surface area contributed by atoms with E-state index in [1.54, 1.807) is 13.8 Å². The number of H-pyrrole nitrogens is 2. The third-order valence-corrected chi connectivity index (χ3v) is 13.4. The number of carbonyl (C=O) groups excluding carboxylic acids is 1. The Kier molecular flexibility index (Phi) is 12.5. The van der Waals surface area contributed by atoms with Crippen LogP contribution in [0.3, 0.4) is 0 Å². The highest BCUT2D eigenvalue weighted by Crippen LogP contribution is 2.64. The van der Waals surface area contributed by atoms with E-state index < -0.39 is 133 Å². The van der Waals surface area contributed by atoms with E-state index in [9.17, 15) is 79.2 Å². The Labute approximate surface area is 363 Å². The van der Waals surface area contributed by atoms with E-state index in [4.69, 9.17) is 9.73 Å². The Balaban J connectivity index is 1.79. The lowest BCUT2D eigenvalue weighted by Crippen LogP contribution is -2.57. The Morgan fingerprint density at radius 1 is 0.688 bits per heavy atom. The van der Waals surface area contributed by atoms with Crippen LogP contribution in [0, 0.1) is 22.7 Å². The zero-order chi connectivity index (χ0) is 47.3. The summed E-state index contributed by atoms with van der Waals surface area (Å²) < 4.78 is 6.08. The van der Waals surface area contributed by atoms with E-state index in [2.05, 4.69) is 15.3 Å². The van der Waals surface area contributed by atoms with Gasteiger partial charge in [-0.15, -0.1) is 0 Å². The number of hydrogen-bond donors (Lipinski definition) is 11. The minimum atomic E-state index is -2.52. The van der Waals surface area contributed by atoms with Crippen LogP contribution >= 0.6 is 0 Å². The number of nitrogens with one attached hydrogen (secondary N) is 3. The van der Waals surface area contributed by atoms with Crippen molar-refractivity contribution in [3.8, 4) is 0 Å². The minimum absolute atomic E-state index is 0.0586. The van der Waals surface area contributed by atoms with Crippen LogP contribution in [0.2, 0.25) is 0 Å². The van der Waals surface area contributed by atoms with Gasteiger partial charge in [0.25, 0.3) is 0 Å². The normalized spacial score (nSPS) is 27.6. The van der Waals surface area contributed by atoms with Crippen LogP contribution < -0.4 is 5.32 Å². The van der Waals surface area contributed by atoms with Gasteiger partial charge in [0.05, 0.1) is 36.8 Å². The zero-order valence-corrected chi connectivity index (χ0v) is 35.2. The molecule has 21 nitrogen and oxygen atoms in total. The fraction of sp³-hybridized carbons (Fsp3) is 0.512. The second kappa shape index (κ2) is 17.1. The highest BCUT2D eigenvalue weighted by Gasteiger charge is 2.74. The second-order valence-electron chi connectivity index (χ2n) is 17.6. The van der Waals surface area contributed by atoms with Gasteiger partial charge < -0.3 is 60.9 Å². The van der Waals surface area contributed by atoms with E-state index in [-0.39, 0.29) is 94.2 Å². The van der Waals surface area contributed by atoms with Crippen LogP contribution in [0.15, 0.2) is 22.5 Å². The summed E-state index contributed by atoms with van der Waals surface area (Å²) in [6, 6.07) is 0. The summed E-state index contributed by atoms with van der Waals surface area (Å²) >= 11 is 0. The van der Waals surface area contributed by atoms with Crippen LogP contribution in [-0.2, 0) is 80.8 Å². The number of rotatable bonds is 18. The first-order chi connectivity index (χ1) is 29.8. The van der Waals surface area contributed by atoms with Gasteiger partial charge in [-0.3, -0.25) is 38.4 Å². The van der Waals surface area contributed by atoms with Gasteiger partial charge in [0.1, 0.15) is 0 Å². The molecule has 2 fully saturated rings. The summed E-state index contributed by atoms with van der Waals surface area (Å²) in [5.74, 6) is -11.7. The van der Waals surface area contributed by atoms with Gasteiger partial charge in [-0.1, -0.05) is 13.8 Å². The number of nitrogens with zero attached hydrogens (tertiary/aromatic N) is 1. The molecule has 2 aromatic rings. The number of aromatic nitrogens is 2. The molecule has 21 heteroatoms. The molecule has 0 aromatic carbocycles. The zero-order valence-electron chi connectivity index (χ0n) is 35.2. The van der Waals surface area contributed by atoms with Crippen molar-refractivity contribution in [1.82, 2.24) is 15.3 Å². The fourth-order valence-electron chi connectivity index (χ4n) is 10.5. The van der Waals surface area contributed by atoms with Crippen molar-refractivity contribution in [2.45, 2.75) is 116 Å². The minimum Gasteiger partial charge on any atom is -0.481 e. The van der Waals surface area contributed by atoms with Gasteiger partial charge in [-0.2, -0.15) is 0 Å². The van der Waals surface area contributed by atoms with Crippen LogP contribution in [0.1, 0.15) is 117 Å². The number of aliphatic hydroxyl groups is 1. The average molecular weight is 895 g/mol. The number of fused-ring (bicyclic) bond motifs is 6. The first-order valence-electron chi connectivity index (χ1n) is 20.6. The molecule has 64 heavy (non-hydrogen) atoms. The number of aliphatic imine (C=N–C) groups is 1. The van der Waals surface area contributed by atoms with Gasteiger partial charge >= 0.3 is 47.8 Å². The molecular formula is C43H50N4O17. The highest BCUT2D eigenvalue weighted by molar-refractivity contribution is 6.02. The predicted molar refractivity (Wildman–Crippen MR) is 218 cm³/mol. The molecule has 4 aliphatic rings. The van der Waals surface area contributed by atoms with Crippen LogP contribution in [0.5, 0.6) is 0 Å². The summed E-state index contributed by atoms with van der Waals surface area (Å²) in [7, 11) is 0. The molecule has 6 atom stereocenters. The molecule has 0 saturated carbocycles. The van der Waals surface area contributed by atoms with Crippen molar-refractivity contribution >= 4 is 59.5 Å². The third-order valence-electron chi connectivity index (χ3n) is 13.4. The van der Waals surface area contributed by atoms with Crippen molar-refractivity contribution < 1.29 is 83.9 Å². The smallest absolute Gasteiger partial charge is 0.308 e. The monoisotopic (exact) mass is 894 g/mol. The van der Waals surface area contributed by atoms with Gasteiger partial charge in [0, 0.05) is 83.5 Å². The SMILES string of the molecule is C[C@]1(O)c2[nH]c(c(CCC(=O)O)c2CC(=O)O)Cc2[nH]c(c(CC(=O)O)c2CCC(=O)O)/C=C2\NC(=CC3=N[C@]14OC(=O)C[C@@]4(C)[C@@H]3CCC(=O)O)[C@@](C)(CC(=O)O)[C@@H]2CCC(=O)O. The standard InChI is InChI=1S/C43H50N4O17/c1-40(17-37(60)61)23(6-10-33(52)53)28-15-27-21(12-35(56)57)19(4-8-31(48)49)25(44-27)14-26-20(5-9-32(50)51)22(13-36(58)59)39(46-26)42(3,63)43-41(2,18-38(62)64-43)24(7-11-34(54)55)29(47-43)16-30(40)45-28/h15-16,23-24,44-46,63H,4-14,17-18H2,1-3H3,(H,48,49)(H,50,51)(H,52,53)(H,54,55)(H,56,57)(H,58,59)(H,60,61)/b28-15-,30-16?/t23-,24-,40+,41+,42+,43-/m1/s1. The lowest BCUT2D eigenvalue weighted by molar-refractivity contribution is -0.200. The molecule has 0 unspecified atom stereocenters. The molecule has 0 aliphatic carbocycles. The molecule has 1 spiro atoms. The summed E-state index contributed by atoms with van der Waals surface area (Å²) in [5.41, 5.74) is -6.78. The number of hydrogen-bond acceptors (Lipinski definition) is 12. The predicted octanol–water partition coefficient (Wildman–Crippen LogP) is 2.82. The third kappa shape index (κ3) is 8.38. The lowest BCUT2D eigenvalue weighted by Gasteiger charge is -2.45. The van der Waals surface area contributed by atoms with Gasteiger partial charge in [-0.25, -0.2) is 4.99 Å². The van der Waals surface area contributed by atoms with E-state index in [1.807, 2.05) is 0 Å². The topological polar surface area (TPSA) is 364 Å². The van der Waals surface area contributed by atoms with E-state index >= 15 is 0 Å². The molecular weight excluding hydrogens is 844 g/mol. The first kappa shape index (κ1) is 46.7. The molecule has 6 rings (SSSR count). The maximum Gasteiger partial charge on any atom is 0.308 e. The Morgan fingerprint density at radius 2 is 1.22 bits per heavy atom. The average Bonchev–Trinajstić information content (AvgIpc) is 3.87. The van der Waals surface area contributed by atoms with Crippen LogP contribution in [-0.4, -0.2) is 110 Å². The summed E-state index contributed by atoms with van der Waals surface area (Å²) in [6.45, 7) is 4.36. The molecule has 0 amide bonds. The van der Waals surface area contributed by atoms with E-state index in [0.29, 0.717) is 0 Å². The molecule has 344 valence electrons. The van der Waals surface area contributed by atoms with Gasteiger partial charge in [-0.05, 0) is 67.0 Å². The molecule has 8 bridgehead atoms. The summed E-state index contributed by atoms with van der Waals surface area (Å²) in [5, 5.41) is 86.5. The first-order valence-corrected chi connectivity index (χ1v) is 20.6. The Bertz CT molecular complexity index is 2450. The van der Waals surface area contributed by atoms with E-state index in [1.165, 1.54) is 19.1 Å². The number of ether oxygens (including phenoxy) is 1. The number of carboxylic acid groups (broad SMARTS) is 7. The molecule has 2 saturated heterocycles. The van der Waals surface area contributed by atoms with Crippen LogP contribution in [0.25, 0.3) is 6.08 Å². The number of aromatic amines is 2. The van der Waals surface area contributed by atoms with Gasteiger partial charge in [0.15, 0.2) is 5.60 Å². The Morgan fingerprint density at radius 3 is 1.77 bits per heavy atom. The second-order valence-corrected chi connectivity index (χ2v) is 17.6.